The number of nitrogens with zero attached hydrogens (tertiary/aromatic N) is 6. The number of alkyl halides is 4. The van der Waals surface area contributed by atoms with E-state index in [0.717, 1.165) is 0 Å². The summed E-state index contributed by atoms with van der Waals surface area (Å²) in [6.45, 7) is 2.80. The molecule has 2 saturated heterocycles. The summed E-state index contributed by atoms with van der Waals surface area (Å²) in [7, 11) is 0. The Balaban J connectivity index is 1.60. The van der Waals surface area contributed by atoms with Gasteiger partial charge in [0.15, 0.2) is 0 Å². The Hall–Kier alpha value is -2.47. The quantitative estimate of drug-likeness (QED) is 0.664. The second kappa shape index (κ2) is 8.95. The van der Waals surface area contributed by atoms with Crippen molar-refractivity contribution in [1.82, 2.24) is 30.0 Å². The molecule has 4 heterocycles. The minimum Gasteiger partial charge on any atom is -0.339 e. The molecule has 0 bridgehead atoms. The van der Waals surface area contributed by atoms with Crippen LogP contribution < -0.4 is 10.2 Å². The summed E-state index contributed by atoms with van der Waals surface area (Å²) < 4.78 is 54.6. The molecule has 31 heavy (non-hydrogen) atoms. The predicted molar refractivity (Wildman–Crippen MR) is 104 cm³/mol. The van der Waals surface area contributed by atoms with Crippen molar-refractivity contribution in [3.63, 3.8) is 0 Å². The van der Waals surface area contributed by atoms with Gasteiger partial charge in [-0.2, -0.15) is 5.10 Å². The van der Waals surface area contributed by atoms with Crippen LogP contribution in [0.1, 0.15) is 18.5 Å². The lowest BCUT2D eigenvalue weighted by atomic mass is 10.0. The van der Waals surface area contributed by atoms with Gasteiger partial charge in [0, 0.05) is 44.5 Å². The number of carbonyl (C=O) groups is 1. The molecule has 0 aliphatic carbocycles. The molecule has 0 saturated carbocycles. The standard InChI is InChI=1S/C18H20ClF4N7O/c19-13-14(10-7-25-29(8-10)9-12(31)28-5-2-24-3-6-28)26-18(27-15(13)17(22)23)30-4-1-11(30)16(20)21/h7-8,11,16-17,24H,1-6,9H2/t11-/m1/s1. The maximum absolute atomic E-state index is 13.5. The number of nitrogens with one attached hydrogen (secondary N) is 1. The Labute approximate surface area is 180 Å². The summed E-state index contributed by atoms with van der Waals surface area (Å²) in [6, 6.07) is -1.13. The van der Waals surface area contributed by atoms with Crippen molar-refractivity contribution in [2.24, 2.45) is 0 Å². The zero-order valence-electron chi connectivity index (χ0n) is 16.3. The molecule has 2 aliphatic rings. The smallest absolute Gasteiger partial charge is 0.282 e. The van der Waals surface area contributed by atoms with Crippen molar-refractivity contribution in [1.29, 1.82) is 0 Å². The van der Waals surface area contributed by atoms with E-state index in [1.165, 1.54) is 22.0 Å². The van der Waals surface area contributed by atoms with Crippen LogP contribution in [0.2, 0.25) is 5.02 Å². The van der Waals surface area contributed by atoms with E-state index in [4.69, 9.17) is 11.6 Å². The lowest BCUT2D eigenvalue weighted by Gasteiger charge is -2.40. The summed E-state index contributed by atoms with van der Waals surface area (Å²) in [6.07, 6.45) is -2.63. The topological polar surface area (TPSA) is 79.2 Å². The molecule has 2 aromatic rings. The summed E-state index contributed by atoms with van der Waals surface area (Å²) in [5.41, 5.74) is -0.480. The molecule has 2 aromatic heterocycles. The van der Waals surface area contributed by atoms with Crippen LogP contribution in [0, 0.1) is 0 Å². The van der Waals surface area contributed by atoms with Crippen molar-refractivity contribution in [2.75, 3.05) is 37.6 Å². The second-order valence-electron chi connectivity index (χ2n) is 7.31. The Morgan fingerprint density at radius 1 is 1.19 bits per heavy atom. The van der Waals surface area contributed by atoms with Gasteiger partial charge in [0.1, 0.15) is 12.2 Å². The molecule has 13 heteroatoms. The molecular formula is C18H20ClF4N7O. The molecule has 2 fully saturated rings. The fraction of sp³-hybridized carbons (Fsp3) is 0.556. The number of rotatable bonds is 6. The number of piperazine rings is 1. The molecule has 0 radical (unpaired) electrons. The third kappa shape index (κ3) is 4.45. The van der Waals surface area contributed by atoms with Gasteiger partial charge in [-0.25, -0.2) is 27.5 Å². The molecule has 4 rings (SSSR count). The summed E-state index contributed by atoms with van der Waals surface area (Å²) >= 11 is 6.12. The van der Waals surface area contributed by atoms with Gasteiger partial charge in [0.2, 0.25) is 11.9 Å². The highest BCUT2D eigenvalue weighted by molar-refractivity contribution is 6.33. The average molecular weight is 462 g/mol. The molecule has 0 spiro atoms. The highest BCUT2D eigenvalue weighted by Gasteiger charge is 2.38. The maximum Gasteiger partial charge on any atom is 0.282 e. The SMILES string of the molecule is O=C(Cn1cc(-c2nc(N3CC[C@@H]3C(F)F)nc(C(F)F)c2Cl)cn1)N1CCNCC1. The van der Waals surface area contributed by atoms with Crippen LogP contribution in [0.3, 0.4) is 0 Å². The van der Waals surface area contributed by atoms with E-state index in [2.05, 4.69) is 20.4 Å². The molecule has 168 valence electrons. The van der Waals surface area contributed by atoms with Gasteiger partial charge in [-0.15, -0.1) is 0 Å². The lowest BCUT2D eigenvalue weighted by Crippen LogP contribution is -2.52. The normalized spacial score (nSPS) is 19.3. The fourth-order valence-electron chi connectivity index (χ4n) is 3.56. The van der Waals surface area contributed by atoms with Gasteiger partial charge in [0.25, 0.3) is 12.9 Å². The molecule has 0 unspecified atom stereocenters. The number of anilines is 1. The average Bonchev–Trinajstić information content (AvgIpc) is 3.16. The van der Waals surface area contributed by atoms with Crippen molar-refractivity contribution in [3.05, 3.63) is 23.1 Å². The van der Waals surface area contributed by atoms with Crippen LogP contribution in [0.25, 0.3) is 11.3 Å². The number of hydrogen-bond donors (Lipinski definition) is 1. The zero-order chi connectivity index (χ0) is 22.1. The van der Waals surface area contributed by atoms with E-state index >= 15 is 0 Å². The first kappa shape index (κ1) is 21.8. The van der Waals surface area contributed by atoms with Crippen LogP contribution in [-0.4, -0.2) is 75.7 Å². The first-order valence-electron chi connectivity index (χ1n) is 9.77. The maximum atomic E-state index is 13.5. The minimum absolute atomic E-state index is 0.0309. The Kier molecular flexibility index (Phi) is 6.28. The van der Waals surface area contributed by atoms with Crippen molar-refractivity contribution >= 4 is 23.5 Å². The molecule has 8 nitrogen and oxygen atoms in total. The number of halogens is 5. The third-order valence-corrected chi connectivity index (χ3v) is 5.73. The predicted octanol–water partition coefficient (Wildman–Crippen LogP) is 2.21. The number of aromatic nitrogens is 4. The van der Waals surface area contributed by atoms with Crippen molar-refractivity contribution in [2.45, 2.75) is 31.9 Å². The monoisotopic (exact) mass is 461 g/mol. The van der Waals surface area contributed by atoms with E-state index in [1.807, 2.05) is 0 Å². The minimum atomic E-state index is -3.01. The van der Waals surface area contributed by atoms with Crippen LogP contribution in [-0.2, 0) is 11.3 Å². The van der Waals surface area contributed by atoms with Gasteiger partial charge in [0.05, 0.1) is 23.0 Å². The molecule has 1 N–H and O–H groups in total. The molecule has 1 amide bonds. The van der Waals surface area contributed by atoms with E-state index in [1.54, 1.807) is 4.90 Å². The van der Waals surface area contributed by atoms with E-state index in [9.17, 15) is 22.4 Å². The molecule has 0 aromatic carbocycles. The Bertz CT molecular complexity index is 951. The summed E-state index contributed by atoms with van der Waals surface area (Å²) in [5.74, 6) is -0.352. The Morgan fingerprint density at radius 2 is 1.94 bits per heavy atom. The first-order chi connectivity index (χ1) is 14.8. The number of hydrogen-bond acceptors (Lipinski definition) is 6. The second-order valence-corrected chi connectivity index (χ2v) is 7.69. The molecule has 2 aliphatic heterocycles. The first-order valence-corrected chi connectivity index (χ1v) is 10.1. The van der Waals surface area contributed by atoms with E-state index in [-0.39, 0.29) is 47.6 Å². The molecule has 1 atom stereocenters. The third-order valence-electron chi connectivity index (χ3n) is 5.36. The number of carbonyl (C=O) groups excluding carboxylic acids is 1. The largest absolute Gasteiger partial charge is 0.339 e. The van der Waals surface area contributed by atoms with Crippen LogP contribution >= 0.6 is 11.6 Å². The van der Waals surface area contributed by atoms with Crippen LogP contribution in [0.4, 0.5) is 23.5 Å². The van der Waals surface area contributed by atoms with Gasteiger partial charge < -0.3 is 15.1 Å². The fourth-order valence-corrected chi connectivity index (χ4v) is 3.84. The van der Waals surface area contributed by atoms with Crippen LogP contribution in [0.15, 0.2) is 12.4 Å². The highest BCUT2D eigenvalue weighted by atomic mass is 35.5. The van der Waals surface area contributed by atoms with Gasteiger partial charge in [-0.05, 0) is 6.42 Å². The lowest BCUT2D eigenvalue weighted by molar-refractivity contribution is -0.132. The van der Waals surface area contributed by atoms with E-state index < -0.39 is 24.6 Å². The zero-order valence-corrected chi connectivity index (χ0v) is 17.1. The highest BCUT2D eigenvalue weighted by Crippen LogP contribution is 2.37. The summed E-state index contributed by atoms with van der Waals surface area (Å²) in [4.78, 5) is 23.2. The van der Waals surface area contributed by atoms with Gasteiger partial charge in [-0.1, -0.05) is 11.6 Å². The number of amides is 1. The van der Waals surface area contributed by atoms with Crippen molar-refractivity contribution < 1.29 is 22.4 Å². The molecular weight excluding hydrogens is 442 g/mol. The Morgan fingerprint density at radius 3 is 2.55 bits per heavy atom. The van der Waals surface area contributed by atoms with Crippen molar-refractivity contribution in [3.8, 4) is 11.3 Å². The summed E-state index contributed by atoms with van der Waals surface area (Å²) in [5, 5.41) is 6.89. The van der Waals surface area contributed by atoms with Gasteiger partial charge in [-0.3, -0.25) is 9.48 Å². The van der Waals surface area contributed by atoms with Gasteiger partial charge >= 0.3 is 0 Å². The van der Waals surface area contributed by atoms with E-state index in [0.29, 0.717) is 26.2 Å². The van der Waals surface area contributed by atoms with Crippen LogP contribution in [0.5, 0.6) is 0 Å².